The summed E-state index contributed by atoms with van der Waals surface area (Å²) in [5, 5.41) is 0. The number of hydrogen-bond donors (Lipinski definition) is 0. The van der Waals surface area contributed by atoms with Crippen LogP contribution in [-0.2, 0) is 6.42 Å². The van der Waals surface area contributed by atoms with E-state index in [-0.39, 0.29) is 0 Å². The van der Waals surface area contributed by atoms with Crippen LogP contribution in [0, 0.1) is 0 Å². The lowest BCUT2D eigenvalue weighted by atomic mass is 10.1. The quantitative estimate of drug-likeness (QED) is 0.706. The van der Waals surface area contributed by atoms with Crippen molar-refractivity contribution >= 4 is 6.08 Å². The zero-order chi connectivity index (χ0) is 11.3. The molecule has 0 saturated heterocycles. The van der Waals surface area contributed by atoms with Crippen molar-refractivity contribution < 1.29 is 0 Å². The van der Waals surface area contributed by atoms with Crippen LogP contribution in [0.1, 0.15) is 18.1 Å². The SMILES string of the molecule is C=Cc1ccc(CCN(C)C(=C)C)cc1. The molecule has 0 aliphatic carbocycles. The molecule has 0 heterocycles. The van der Waals surface area contributed by atoms with Crippen LogP contribution in [-0.4, -0.2) is 18.5 Å². The van der Waals surface area contributed by atoms with Gasteiger partial charge in [0.15, 0.2) is 0 Å². The molecule has 1 aromatic rings. The van der Waals surface area contributed by atoms with Crippen molar-refractivity contribution in [2.24, 2.45) is 0 Å². The summed E-state index contributed by atoms with van der Waals surface area (Å²) in [5.74, 6) is 0. The summed E-state index contributed by atoms with van der Waals surface area (Å²) < 4.78 is 0. The highest BCUT2D eigenvalue weighted by atomic mass is 15.1. The van der Waals surface area contributed by atoms with Crippen molar-refractivity contribution in [1.82, 2.24) is 4.90 Å². The van der Waals surface area contributed by atoms with E-state index in [1.165, 1.54) is 11.1 Å². The summed E-state index contributed by atoms with van der Waals surface area (Å²) in [6.07, 6.45) is 2.92. The van der Waals surface area contributed by atoms with E-state index >= 15 is 0 Å². The Labute approximate surface area is 92.7 Å². The molecule has 0 aromatic heterocycles. The number of benzene rings is 1. The third-order valence-corrected chi connectivity index (χ3v) is 2.60. The fourth-order valence-electron chi connectivity index (χ4n) is 1.31. The summed E-state index contributed by atoms with van der Waals surface area (Å²) in [4.78, 5) is 2.17. The van der Waals surface area contributed by atoms with Crippen molar-refractivity contribution in [3.8, 4) is 0 Å². The first kappa shape index (κ1) is 11.6. The van der Waals surface area contributed by atoms with E-state index in [4.69, 9.17) is 0 Å². The summed E-state index contributed by atoms with van der Waals surface area (Å²) >= 11 is 0. The Kier molecular flexibility index (Phi) is 4.17. The van der Waals surface area contributed by atoms with Crippen LogP contribution < -0.4 is 0 Å². The molecule has 15 heavy (non-hydrogen) atoms. The predicted molar refractivity (Wildman–Crippen MR) is 67.7 cm³/mol. The molecular formula is C14H19N. The number of rotatable bonds is 5. The van der Waals surface area contributed by atoms with E-state index < -0.39 is 0 Å². The second-order valence-electron chi connectivity index (χ2n) is 3.85. The van der Waals surface area contributed by atoms with Crippen LogP contribution in [0.5, 0.6) is 0 Å². The van der Waals surface area contributed by atoms with E-state index in [9.17, 15) is 0 Å². The molecule has 1 heteroatoms. The molecule has 0 amide bonds. The largest absolute Gasteiger partial charge is 0.378 e. The van der Waals surface area contributed by atoms with Gasteiger partial charge >= 0.3 is 0 Å². The molecule has 1 aromatic carbocycles. The number of hydrogen-bond acceptors (Lipinski definition) is 1. The van der Waals surface area contributed by atoms with Crippen molar-refractivity contribution in [3.63, 3.8) is 0 Å². The third kappa shape index (κ3) is 3.62. The second-order valence-corrected chi connectivity index (χ2v) is 3.85. The standard InChI is InChI=1S/C14H19N/c1-5-13-6-8-14(9-7-13)10-11-15(4)12(2)3/h5-9H,1-2,10-11H2,3-4H3. The molecule has 0 spiro atoms. The lowest BCUT2D eigenvalue weighted by Crippen LogP contribution is -2.18. The lowest BCUT2D eigenvalue weighted by molar-refractivity contribution is 0.425. The Hall–Kier alpha value is -1.50. The van der Waals surface area contributed by atoms with E-state index in [1.807, 2.05) is 13.0 Å². The second kappa shape index (κ2) is 5.40. The molecule has 0 atom stereocenters. The van der Waals surface area contributed by atoms with Crippen LogP contribution in [0.2, 0.25) is 0 Å². The summed E-state index contributed by atoms with van der Waals surface area (Å²) in [6.45, 7) is 10.7. The third-order valence-electron chi connectivity index (χ3n) is 2.60. The van der Waals surface area contributed by atoms with Gasteiger partial charge in [0.05, 0.1) is 0 Å². The first-order valence-corrected chi connectivity index (χ1v) is 5.21. The van der Waals surface area contributed by atoms with Gasteiger partial charge in [0.25, 0.3) is 0 Å². The normalized spacial score (nSPS) is 9.73. The van der Waals surface area contributed by atoms with Gasteiger partial charge in [0, 0.05) is 19.3 Å². The van der Waals surface area contributed by atoms with Gasteiger partial charge in [-0.3, -0.25) is 0 Å². The molecule has 80 valence electrons. The summed E-state index contributed by atoms with van der Waals surface area (Å²) in [5.41, 5.74) is 3.64. The maximum absolute atomic E-state index is 3.91. The number of nitrogens with zero attached hydrogens (tertiary/aromatic N) is 1. The minimum atomic E-state index is 1.02. The van der Waals surface area contributed by atoms with E-state index in [0.29, 0.717) is 0 Å². The van der Waals surface area contributed by atoms with Gasteiger partial charge < -0.3 is 4.90 Å². The van der Waals surface area contributed by atoms with Crippen molar-refractivity contribution in [1.29, 1.82) is 0 Å². The highest BCUT2D eigenvalue weighted by Gasteiger charge is 1.98. The zero-order valence-electron chi connectivity index (χ0n) is 9.66. The Morgan fingerprint density at radius 3 is 2.40 bits per heavy atom. The molecule has 1 nitrogen and oxygen atoms in total. The molecule has 0 fully saturated rings. The topological polar surface area (TPSA) is 3.24 Å². The molecule has 0 radical (unpaired) electrons. The van der Waals surface area contributed by atoms with Crippen molar-refractivity contribution in [3.05, 3.63) is 54.2 Å². The average Bonchev–Trinajstić information content (AvgIpc) is 2.26. The van der Waals surface area contributed by atoms with Gasteiger partial charge in [-0.15, -0.1) is 0 Å². The smallest absolute Gasteiger partial charge is 0.0211 e. The first-order valence-electron chi connectivity index (χ1n) is 5.21. The van der Waals surface area contributed by atoms with Crippen LogP contribution in [0.15, 0.2) is 43.1 Å². The minimum absolute atomic E-state index is 1.02. The molecular weight excluding hydrogens is 182 g/mol. The fourth-order valence-corrected chi connectivity index (χ4v) is 1.31. The van der Waals surface area contributed by atoms with Crippen LogP contribution in [0.25, 0.3) is 6.08 Å². The molecule has 0 saturated carbocycles. The molecule has 1 rings (SSSR count). The lowest BCUT2D eigenvalue weighted by Gasteiger charge is -2.18. The van der Waals surface area contributed by atoms with Gasteiger partial charge in [0.1, 0.15) is 0 Å². The van der Waals surface area contributed by atoms with Gasteiger partial charge in [-0.1, -0.05) is 43.5 Å². The fraction of sp³-hybridized carbons (Fsp3) is 0.286. The highest BCUT2D eigenvalue weighted by molar-refractivity contribution is 5.47. The van der Waals surface area contributed by atoms with E-state index in [2.05, 4.69) is 49.4 Å². The van der Waals surface area contributed by atoms with E-state index in [0.717, 1.165) is 18.7 Å². The number of allylic oxidation sites excluding steroid dienone is 1. The maximum atomic E-state index is 3.91. The minimum Gasteiger partial charge on any atom is -0.378 e. The first-order chi connectivity index (χ1) is 7.13. The monoisotopic (exact) mass is 201 g/mol. The molecule has 0 aliphatic heterocycles. The Morgan fingerprint density at radius 2 is 1.93 bits per heavy atom. The Bertz CT molecular complexity index is 335. The Morgan fingerprint density at radius 1 is 1.33 bits per heavy atom. The van der Waals surface area contributed by atoms with E-state index in [1.54, 1.807) is 0 Å². The van der Waals surface area contributed by atoms with Crippen molar-refractivity contribution in [2.45, 2.75) is 13.3 Å². The number of likely N-dealkylation sites (N-methyl/N-ethyl adjacent to an activating group) is 1. The molecule has 0 unspecified atom stereocenters. The van der Waals surface area contributed by atoms with Gasteiger partial charge in [0.2, 0.25) is 0 Å². The van der Waals surface area contributed by atoms with Gasteiger partial charge in [-0.25, -0.2) is 0 Å². The Balaban J connectivity index is 2.51. The highest BCUT2D eigenvalue weighted by Crippen LogP contribution is 2.07. The van der Waals surface area contributed by atoms with Crippen LogP contribution in [0.4, 0.5) is 0 Å². The predicted octanol–water partition coefficient (Wildman–Crippen LogP) is 3.34. The zero-order valence-corrected chi connectivity index (χ0v) is 9.66. The van der Waals surface area contributed by atoms with Crippen LogP contribution in [0.3, 0.4) is 0 Å². The summed E-state index contributed by atoms with van der Waals surface area (Å²) in [7, 11) is 2.07. The molecule has 0 aliphatic rings. The average molecular weight is 201 g/mol. The van der Waals surface area contributed by atoms with Crippen molar-refractivity contribution in [2.75, 3.05) is 13.6 Å². The summed E-state index contributed by atoms with van der Waals surface area (Å²) in [6, 6.07) is 8.51. The van der Waals surface area contributed by atoms with Gasteiger partial charge in [-0.2, -0.15) is 0 Å². The molecule has 0 bridgehead atoms. The molecule has 0 N–H and O–H groups in total. The maximum Gasteiger partial charge on any atom is 0.0211 e. The van der Waals surface area contributed by atoms with Crippen LogP contribution >= 0.6 is 0 Å². The van der Waals surface area contributed by atoms with Gasteiger partial charge in [-0.05, 0) is 24.5 Å².